The summed E-state index contributed by atoms with van der Waals surface area (Å²) < 4.78 is 12.2. The Bertz CT molecular complexity index is 1740. The fourth-order valence-corrected chi connectivity index (χ4v) is 5.25. The molecule has 0 aliphatic carbocycles. The van der Waals surface area contributed by atoms with Gasteiger partial charge >= 0.3 is 0 Å². The molecule has 39 heavy (non-hydrogen) atoms. The van der Waals surface area contributed by atoms with E-state index in [-0.39, 0.29) is 17.1 Å². The zero-order valence-electron chi connectivity index (χ0n) is 21.7. The van der Waals surface area contributed by atoms with Crippen molar-refractivity contribution < 1.29 is 13.9 Å². The predicted octanol–water partition coefficient (Wildman–Crippen LogP) is 6.29. The first-order chi connectivity index (χ1) is 18.9. The second-order valence-corrected chi connectivity index (χ2v) is 10.5. The highest BCUT2D eigenvalue weighted by molar-refractivity contribution is 6.30. The SMILES string of the molecule is CN(C)CCN1C(=O)c2oc3c(ccc4ccccc43)c(=O)c2C1c1ccc(OCc2ccc(Cl)cc2)cc1. The molecule has 1 amide bonds. The molecule has 0 radical (unpaired) electrons. The maximum atomic E-state index is 13.9. The van der Waals surface area contributed by atoms with Gasteiger partial charge in [-0.2, -0.15) is 0 Å². The van der Waals surface area contributed by atoms with Crippen LogP contribution in [0.1, 0.15) is 33.3 Å². The minimum Gasteiger partial charge on any atom is -0.489 e. The van der Waals surface area contributed by atoms with Crippen LogP contribution in [0.15, 0.2) is 94.1 Å². The third kappa shape index (κ3) is 4.67. The summed E-state index contributed by atoms with van der Waals surface area (Å²) in [6.07, 6.45) is 0. The molecular formula is C32H27ClN2O4. The minimum atomic E-state index is -0.551. The molecular weight excluding hydrogens is 512 g/mol. The van der Waals surface area contributed by atoms with Crippen molar-refractivity contribution >= 4 is 39.2 Å². The summed E-state index contributed by atoms with van der Waals surface area (Å²) in [6, 6.07) is 26.0. The lowest BCUT2D eigenvalue weighted by molar-refractivity contribution is 0.0716. The van der Waals surface area contributed by atoms with Gasteiger partial charge in [0.2, 0.25) is 5.76 Å². The van der Waals surface area contributed by atoms with E-state index in [1.807, 2.05) is 97.9 Å². The molecule has 1 atom stereocenters. The Morgan fingerprint density at radius 3 is 2.38 bits per heavy atom. The number of nitrogens with zero attached hydrogens (tertiary/aromatic N) is 2. The number of ether oxygens (including phenoxy) is 1. The molecule has 1 aromatic heterocycles. The number of likely N-dealkylation sites (N-methyl/N-ethyl adjacent to an activating group) is 1. The molecule has 6 rings (SSSR count). The van der Waals surface area contributed by atoms with Crippen molar-refractivity contribution in [1.82, 2.24) is 9.80 Å². The normalized spacial score (nSPS) is 14.9. The van der Waals surface area contributed by atoms with Crippen molar-refractivity contribution in [3.8, 4) is 5.75 Å². The fraction of sp³-hybridized carbons (Fsp3) is 0.188. The summed E-state index contributed by atoms with van der Waals surface area (Å²) in [7, 11) is 3.92. The van der Waals surface area contributed by atoms with E-state index in [0.29, 0.717) is 47.0 Å². The third-order valence-electron chi connectivity index (χ3n) is 7.16. The predicted molar refractivity (Wildman–Crippen MR) is 154 cm³/mol. The first-order valence-electron chi connectivity index (χ1n) is 12.8. The number of hydrogen-bond donors (Lipinski definition) is 0. The topological polar surface area (TPSA) is 63.0 Å². The number of carbonyl (C=O) groups is 1. The first kappa shape index (κ1) is 25.2. The lowest BCUT2D eigenvalue weighted by Crippen LogP contribution is -2.35. The number of rotatable bonds is 7. The molecule has 1 aliphatic rings. The van der Waals surface area contributed by atoms with Gasteiger partial charge in [-0.3, -0.25) is 9.59 Å². The highest BCUT2D eigenvalue weighted by Gasteiger charge is 2.42. The number of benzene rings is 4. The summed E-state index contributed by atoms with van der Waals surface area (Å²) in [6.45, 7) is 1.50. The molecule has 7 heteroatoms. The summed E-state index contributed by atoms with van der Waals surface area (Å²) in [5.41, 5.74) is 2.49. The maximum Gasteiger partial charge on any atom is 0.290 e. The van der Waals surface area contributed by atoms with E-state index >= 15 is 0 Å². The highest BCUT2D eigenvalue weighted by Crippen LogP contribution is 2.39. The van der Waals surface area contributed by atoms with E-state index < -0.39 is 6.04 Å². The van der Waals surface area contributed by atoms with Crippen molar-refractivity contribution in [2.24, 2.45) is 0 Å². The molecule has 1 aliphatic heterocycles. The zero-order chi connectivity index (χ0) is 27.1. The van der Waals surface area contributed by atoms with Gasteiger partial charge in [0.05, 0.1) is 17.0 Å². The molecule has 4 aromatic carbocycles. The van der Waals surface area contributed by atoms with Gasteiger partial charge < -0.3 is 19.0 Å². The number of amides is 1. The molecule has 6 nitrogen and oxygen atoms in total. The van der Waals surface area contributed by atoms with Gasteiger partial charge in [0, 0.05) is 23.5 Å². The molecule has 0 saturated heterocycles. The Morgan fingerprint density at radius 1 is 0.897 bits per heavy atom. The quantitative estimate of drug-likeness (QED) is 0.228. The van der Waals surface area contributed by atoms with Crippen LogP contribution in [0.25, 0.3) is 21.7 Å². The standard InChI is InChI=1S/C32H27ClN2O4/c1-34(2)17-18-35-28(22-9-14-24(15-10-22)38-19-20-7-12-23(33)13-8-20)27-29(36)26-16-11-21-5-3-4-6-25(21)30(26)39-31(27)32(35)37/h3-16,28H,17-19H2,1-2H3. The molecule has 0 spiro atoms. The van der Waals surface area contributed by atoms with Crippen LogP contribution in [0.4, 0.5) is 0 Å². The second kappa shape index (κ2) is 10.2. The van der Waals surface area contributed by atoms with E-state index in [1.54, 1.807) is 11.0 Å². The van der Waals surface area contributed by atoms with Crippen molar-refractivity contribution in [1.29, 1.82) is 0 Å². The summed E-state index contributed by atoms with van der Waals surface area (Å²) in [4.78, 5) is 31.4. The van der Waals surface area contributed by atoms with E-state index in [9.17, 15) is 9.59 Å². The average Bonchev–Trinajstić information content (AvgIpc) is 3.23. The van der Waals surface area contributed by atoms with Gasteiger partial charge in [0.25, 0.3) is 5.91 Å². The van der Waals surface area contributed by atoms with Crippen LogP contribution in [-0.4, -0.2) is 42.9 Å². The molecule has 0 bridgehead atoms. The monoisotopic (exact) mass is 538 g/mol. The summed E-state index contributed by atoms with van der Waals surface area (Å²) in [5.74, 6) is 0.539. The van der Waals surface area contributed by atoms with E-state index in [4.69, 9.17) is 20.8 Å². The van der Waals surface area contributed by atoms with Crippen LogP contribution < -0.4 is 10.2 Å². The Hall–Kier alpha value is -4.13. The molecule has 2 heterocycles. The largest absolute Gasteiger partial charge is 0.489 e. The number of carbonyl (C=O) groups excluding carboxylic acids is 1. The number of fused-ring (bicyclic) bond motifs is 4. The second-order valence-electron chi connectivity index (χ2n) is 10.0. The van der Waals surface area contributed by atoms with Crippen LogP contribution in [0.5, 0.6) is 5.75 Å². The average molecular weight is 539 g/mol. The van der Waals surface area contributed by atoms with Crippen molar-refractivity contribution in [2.45, 2.75) is 12.6 Å². The van der Waals surface area contributed by atoms with E-state index in [2.05, 4.69) is 0 Å². The third-order valence-corrected chi connectivity index (χ3v) is 7.41. The number of halogens is 1. The highest BCUT2D eigenvalue weighted by atomic mass is 35.5. The molecule has 0 fully saturated rings. The molecule has 1 unspecified atom stereocenters. The molecule has 0 saturated carbocycles. The molecule has 0 N–H and O–H groups in total. The van der Waals surface area contributed by atoms with Gasteiger partial charge in [-0.1, -0.05) is 66.2 Å². The summed E-state index contributed by atoms with van der Waals surface area (Å²) in [5, 5.41) is 2.92. The zero-order valence-corrected chi connectivity index (χ0v) is 22.4. The van der Waals surface area contributed by atoms with Crippen LogP contribution >= 0.6 is 11.6 Å². The lowest BCUT2D eigenvalue weighted by Gasteiger charge is -2.26. The van der Waals surface area contributed by atoms with Crippen LogP contribution in [0.2, 0.25) is 5.02 Å². The van der Waals surface area contributed by atoms with E-state index in [1.165, 1.54) is 0 Å². The van der Waals surface area contributed by atoms with Crippen LogP contribution in [-0.2, 0) is 6.61 Å². The Labute approximate surface area is 231 Å². The van der Waals surface area contributed by atoms with Crippen molar-refractivity contribution in [2.75, 3.05) is 27.2 Å². The van der Waals surface area contributed by atoms with Gasteiger partial charge in [0.1, 0.15) is 17.9 Å². The van der Waals surface area contributed by atoms with Crippen molar-refractivity contribution in [3.63, 3.8) is 0 Å². The smallest absolute Gasteiger partial charge is 0.290 e. The van der Waals surface area contributed by atoms with Gasteiger partial charge in [0.15, 0.2) is 5.43 Å². The first-order valence-corrected chi connectivity index (χ1v) is 13.2. The Kier molecular flexibility index (Phi) is 6.59. The Balaban J connectivity index is 1.40. The number of hydrogen-bond acceptors (Lipinski definition) is 5. The van der Waals surface area contributed by atoms with Crippen LogP contribution in [0, 0.1) is 0 Å². The minimum absolute atomic E-state index is 0.121. The Morgan fingerprint density at radius 2 is 1.64 bits per heavy atom. The van der Waals surface area contributed by atoms with Gasteiger partial charge in [-0.25, -0.2) is 0 Å². The van der Waals surface area contributed by atoms with Crippen LogP contribution in [0.3, 0.4) is 0 Å². The fourth-order valence-electron chi connectivity index (χ4n) is 5.13. The molecule has 5 aromatic rings. The summed E-state index contributed by atoms with van der Waals surface area (Å²) >= 11 is 5.97. The van der Waals surface area contributed by atoms with Gasteiger partial charge in [-0.15, -0.1) is 0 Å². The molecule has 196 valence electrons. The van der Waals surface area contributed by atoms with Gasteiger partial charge in [-0.05, 0) is 60.9 Å². The van der Waals surface area contributed by atoms with Crippen molar-refractivity contribution in [3.05, 3.63) is 123 Å². The maximum absolute atomic E-state index is 13.9. The van der Waals surface area contributed by atoms with E-state index in [0.717, 1.165) is 21.9 Å². The lowest BCUT2D eigenvalue weighted by atomic mass is 9.97.